The highest BCUT2D eigenvalue weighted by Crippen LogP contribution is 2.21. The molecule has 1 heterocycles. The van der Waals surface area contributed by atoms with Gasteiger partial charge in [0.1, 0.15) is 0 Å². The molecule has 2 N–H and O–H groups in total. The van der Waals surface area contributed by atoms with Gasteiger partial charge in [0.25, 0.3) is 5.91 Å². The summed E-state index contributed by atoms with van der Waals surface area (Å²) in [5.41, 5.74) is 2.61. The van der Waals surface area contributed by atoms with Crippen molar-refractivity contribution in [2.45, 2.75) is 19.3 Å². The summed E-state index contributed by atoms with van der Waals surface area (Å²) in [6.07, 6.45) is 0.749. The van der Waals surface area contributed by atoms with E-state index in [0.29, 0.717) is 37.4 Å². The fourth-order valence-electron chi connectivity index (χ4n) is 3.18. The molecule has 2 aromatic rings. The molecule has 8 nitrogen and oxygen atoms in total. The number of hydrazone groups is 1. The molecule has 32 heavy (non-hydrogen) atoms. The minimum atomic E-state index is -0.323. The van der Waals surface area contributed by atoms with E-state index >= 15 is 0 Å². The summed E-state index contributed by atoms with van der Waals surface area (Å²) < 4.78 is 4.89. The van der Waals surface area contributed by atoms with Crippen molar-refractivity contribution >= 4 is 40.7 Å². The molecule has 0 saturated heterocycles. The quantitative estimate of drug-likeness (QED) is 0.566. The van der Waals surface area contributed by atoms with Crippen LogP contribution >= 0.6 is 11.6 Å². The van der Waals surface area contributed by atoms with E-state index in [1.807, 2.05) is 30.3 Å². The summed E-state index contributed by atoms with van der Waals surface area (Å²) in [6, 6.07) is 14.3. The Hall–Kier alpha value is -3.23. The molecule has 0 aliphatic carbocycles. The van der Waals surface area contributed by atoms with Crippen LogP contribution in [0, 0.1) is 0 Å². The molecule has 0 unspecified atom stereocenters. The van der Waals surface area contributed by atoms with Crippen molar-refractivity contribution in [3.05, 3.63) is 64.7 Å². The largest absolute Gasteiger partial charge is 0.383 e. The van der Waals surface area contributed by atoms with Crippen LogP contribution < -0.4 is 10.6 Å². The third kappa shape index (κ3) is 6.38. The van der Waals surface area contributed by atoms with E-state index in [1.54, 1.807) is 13.2 Å². The summed E-state index contributed by atoms with van der Waals surface area (Å²) in [5.74, 6) is -0.845. The first-order valence-electron chi connectivity index (χ1n) is 10.3. The van der Waals surface area contributed by atoms with Gasteiger partial charge in [0.05, 0.1) is 29.4 Å². The molecule has 0 fully saturated rings. The van der Waals surface area contributed by atoms with E-state index in [0.717, 1.165) is 11.3 Å². The average Bonchev–Trinajstić information content (AvgIpc) is 3.29. The van der Waals surface area contributed by atoms with Crippen LogP contribution in [0.2, 0.25) is 5.02 Å². The number of hydrogen-bond acceptors (Lipinski definition) is 5. The first-order chi connectivity index (χ1) is 15.5. The highest BCUT2D eigenvalue weighted by atomic mass is 35.5. The third-order valence-corrected chi connectivity index (χ3v) is 5.16. The van der Waals surface area contributed by atoms with Crippen molar-refractivity contribution < 1.29 is 19.1 Å². The number of nitrogens with one attached hydrogen (secondary N) is 2. The van der Waals surface area contributed by atoms with Gasteiger partial charge in [0.15, 0.2) is 0 Å². The second kappa shape index (κ2) is 11.4. The van der Waals surface area contributed by atoms with Gasteiger partial charge in [-0.3, -0.25) is 14.4 Å². The first-order valence-corrected chi connectivity index (χ1v) is 10.7. The minimum Gasteiger partial charge on any atom is -0.383 e. The second-order valence-corrected chi connectivity index (χ2v) is 7.58. The lowest BCUT2D eigenvalue weighted by Gasteiger charge is -2.12. The molecule has 2 aromatic carbocycles. The fraction of sp³-hybridized carbons (Fsp3) is 0.304. The molecule has 0 atom stereocenters. The molecule has 3 rings (SSSR count). The van der Waals surface area contributed by atoms with Crippen LogP contribution in [-0.4, -0.2) is 55.2 Å². The van der Waals surface area contributed by atoms with E-state index in [2.05, 4.69) is 15.7 Å². The third-order valence-electron chi connectivity index (χ3n) is 4.85. The van der Waals surface area contributed by atoms with E-state index in [4.69, 9.17) is 16.3 Å². The Morgan fingerprint density at radius 1 is 1.12 bits per heavy atom. The van der Waals surface area contributed by atoms with Gasteiger partial charge < -0.3 is 15.4 Å². The van der Waals surface area contributed by atoms with Crippen LogP contribution in [0.3, 0.4) is 0 Å². The molecule has 0 spiro atoms. The lowest BCUT2D eigenvalue weighted by Crippen LogP contribution is -2.27. The van der Waals surface area contributed by atoms with Gasteiger partial charge in [-0.25, -0.2) is 5.01 Å². The normalized spacial score (nSPS) is 12.9. The summed E-state index contributed by atoms with van der Waals surface area (Å²) >= 11 is 6.18. The van der Waals surface area contributed by atoms with Gasteiger partial charge in [0.2, 0.25) is 11.8 Å². The molecule has 1 aliphatic rings. The van der Waals surface area contributed by atoms with Gasteiger partial charge in [0, 0.05) is 38.6 Å². The molecular weight excluding hydrogens is 432 g/mol. The number of carbonyl (C=O) groups excluding carboxylic acids is 3. The number of carbonyl (C=O) groups is 3. The number of methoxy groups -OCH3 is 1. The lowest BCUT2D eigenvalue weighted by molar-refractivity contribution is -0.132. The molecule has 0 radical (unpaired) electrons. The fourth-order valence-corrected chi connectivity index (χ4v) is 3.45. The zero-order chi connectivity index (χ0) is 22.9. The van der Waals surface area contributed by atoms with Gasteiger partial charge in [-0.15, -0.1) is 0 Å². The molecule has 0 bridgehead atoms. The Bertz CT molecular complexity index is 1010. The molecule has 168 valence electrons. The van der Waals surface area contributed by atoms with Crippen molar-refractivity contribution in [2.75, 3.05) is 32.1 Å². The average molecular weight is 457 g/mol. The summed E-state index contributed by atoms with van der Waals surface area (Å²) in [4.78, 5) is 36.8. The Labute approximate surface area is 191 Å². The number of nitrogens with zero attached hydrogens (tertiary/aromatic N) is 2. The van der Waals surface area contributed by atoms with Crippen LogP contribution in [0.25, 0.3) is 0 Å². The summed E-state index contributed by atoms with van der Waals surface area (Å²) in [7, 11) is 1.55. The standard InChI is InChI=1S/C23H25ClN4O4/c1-32-14-12-25-23(31)18-8-7-17(15-19(18)24)26-21(29)9-10-22(30)28-13-11-20(27-28)16-5-3-2-4-6-16/h2-8,15H,9-14H2,1H3,(H,25,31)(H,26,29). The molecular formula is C23H25ClN4O4. The molecule has 0 saturated carbocycles. The summed E-state index contributed by atoms with van der Waals surface area (Å²) in [5, 5.41) is 11.4. The maximum Gasteiger partial charge on any atom is 0.252 e. The van der Waals surface area contributed by atoms with Gasteiger partial charge in [-0.2, -0.15) is 5.10 Å². The first kappa shape index (κ1) is 23.4. The number of amides is 3. The van der Waals surface area contributed by atoms with E-state index in [1.165, 1.54) is 17.1 Å². The number of hydrogen-bond donors (Lipinski definition) is 2. The monoisotopic (exact) mass is 456 g/mol. The van der Waals surface area contributed by atoms with E-state index < -0.39 is 0 Å². The SMILES string of the molecule is COCCNC(=O)c1ccc(NC(=O)CCC(=O)N2CCC(c3ccccc3)=N2)cc1Cl. The van der Waals surface area contributed by atoms with Crippen LogP contribution in [0.5, 0.6) is 0 Å². The Balaban J connectivity index is 1.48. The van der Waals surface area contributed by atoms with Gasteiger partial charge >= 0.3 is 0 Å². The Morgan fingerprint density at radius 3 is 2.62 bits per heavy atom. The zero-order valence-corrected chi connectivity index (χ0v) is 18.5. The van der Waals surface area contributed by atoms with Crippen molar-refractivity contribution in [1.29, 1.82) is 0 Å². The van der Waals surface area contributed by atoms with E-state index in [9.17, 15) is 14.4 Å². The molecule has 9 heteroatoms. The number of halogens is 1. The van der Waals surface area contributed by atoms with Crippen molar-refractivity contribution in [3.63, 3.8) is 0 Å². The smallest absolute Gasteiger partial charge is 0.252 e. The zero-order valence-electron chi connectivity index (χ0n) is 17.8. The number of ether oxygens (including phenoxy) is 1. The highest BCUT2D eigenvalue weighted by Gasteiger charge is 2.22. The number of benzene rings is 2. The lowest BCUT2D eigenvalue weighted by atomic mass is 10.1. The number of anilines is 1. The van der Waals surface area contributed by atoms with Crippen molar-refractivity contribution in [1.82, 2.24) is 10.3 Å². The van der Waals surface area contributed by atoms with Gasteiger partial charge in [-0.05, 0) is 23.8 Å². The maximum atomic E-state index is 12.4. The van der Waals surface area contributed by atoms with Crippen LogP contribution in [0.4, 0.5) is 5.69 Å². The number of rotatable bonds is 9. The van der Waals surface area contributed by atoms with Crippen molar-refractivity contribution in [3.8, 4) is 0 Å². The minimum absolute atomic E-state index is 0.0163. The summed E-state index contributed by atoms with van der Waals surface area (Å²) in [6.45, 7) is 1.27. The Kier molecular flexibility index (Phi) is 8.35. The Morgan fingerprint density at radius 2 is 1.91 bits per heavy atom. The molecule has 3 amide bonds. The van der Waals surface area contributed by atoms with Crippen LogP contribution in [-0.2, 0) is 14.3 Å². The van der Waals surface area contributed by atoms with E-state index in [-0.39, 0.29) is 35.6 Å². The highest BCUT2D eigenvalue weighted by molar-refractivity contribution is 6.34. The van der Waals surface area contributed by atoms with Crippen LogP contribution in [0.1, 0.15) is 35.2 Å². The molecule has 1 aliphatic heterocycles. The topological polar surface area (TPSA) is 100 Å². The predicted octanol–water partition coefficient (Wildman–Crippen LogP) is 3.07. The van der Waals surface area contributed by atoms with Crippen molar-refractivity contribution in [2.24, 2.45) is 5.10 Å². The van der Waals surface area contributed by atoms with Crippen LogP contribution in [0.15, 0.2) is 53.6 Å². The second-order valence-electron chi connectivity index (χ2n) is 7.17. The van der Waals surface area contributed by atoms with Gasteiger partial charge in [-0.1, -0.05) is 41.9 Å². The maximum absolute atomic E-state index is 12.4. The molecule has 0 aromatic heterocycles. The predicted molar refractivity (Wildman–Crippen MR) is 123 cm³/mol.